The summed E-state index contributed by atoms with van der Waals surface area (Å²) in [4.78, 5) is 2.51. The molecule has 2 N–H and O–H groups in total. The lowest BCUT2D eigenvalue weighted by Gasteiger charge is -2.24. The van der Waals surface area contributed by atoms with Crippen LogP contribution in [0.25, 0.3) is 0 Å². The van der Waals surface area contributed by atoms with Crippen LogP contribution in [0.4, 0.5) is 0 Å². The van der Waals surface area contributed by atoms with E-state index in [1.54, 1.807) is 0 Å². The van der Waals surface area contributed by atoms with Crippen LogP contribution in [0.1, 0.15) is 37.0 Å². The quantitative estimate of drug-likeness (QED) is 0.676. The van der Waals surface area contributed by atoms with Crippen molar-refractivity contribution in [1.82, 2.24) is 10.2 Å². The van der Waals surface area contributed by atoms with Crippen LogP contribution in [0.2, 0.25) is 0 Å². The highest BCUT2D eigenvalue weighted by Crippen LogP contribution is 2.25. The van der Waals surface area contributed by atoms with Crippen LogP contribution < -0.4 is 5.32 Å². The second-order valence-electron chi connectivity index (χ2n) is 7.27. The second-order valence-corrected chi connectivity index (χ2v) is 7.27. The molecule has 1 fully saturated rings. The molecule has 1 aliphatic rings. The fraction of sp³-hybridized carbons (Fsp3) is 0.478. The standard InChI is InChI=1S/C23H32N2O2/c1-2-25-15-9-14-21(25)16-24-17-22(26)18-27-23(19-10-5-3-6-11-19)20-12-7-4-8-13-20/h3-8,10-13,21-24,26H,2,9,14-18H2,1H3. The molecule has 27 heavy (non-hydrogen) atoms. The first-order valence-electron chi connectivity index (χ1n) is 10.1. The van der Waals surface area contributed by atoms with Crippen molar-refractivity contribution in [3.63, 3.8) is 0 Å². The predicted octanol–water partition coefficient (Wildman–Crippen LogP) is 3.23. The Bertz CT molecular complexity index is 610. The minimum atomic E-state index is -0.517. The third-order valence-corrected chi connectivity index (χ3v) is 5.33. The van der Waals surface area contributed by atoms with E-state index in [0.29, 0.717) is 19.2 Å². The van der Waals surface area contributed by atoms with E-state index in [2.05, 4.69) is 41.4 Å². The number of aliphatic hydroxyl groups excluding tert-OH is 1. The Kier molecular flexibility index (Phi) is 7.84. The van der Waals surface area contributed by atoms with Gasteiger partial charge in [-0.3, -0.25) is 4.90 Å². The van der Waals surface area contributed by atoms with E-state index in [4.69, 9.17) is 4.74 Å². The van der Waals surface area contributed by atoms with Gasteiger partial charge in [0.2, 0.25) is 0 Å². The number of likely N-dealkylation sites (N-methyl/N-ethyl adjacent to an activating group) is 1. The van der Waals surface area contributed by atoms with Crippen LogP contribution in [-0.2, 0) is 4.74 Å². The van der Waals surface area contributed by atoms with Crippen molar-refractivity contribution < 1.29 is 9.84 Å². The van der Waals surface area contributed by atoms with Gasteiger partial charge in [0, 0.05) is 19.1 Å². The van der Waals surface area contributed by atoms with Gasteiger partial charge in [0.05, 0.1) is 12.7 Å². The smallest absolute Gasteiger partial charge is 0.108 e. The Morgan fingerprint density at radius 3 is 2.30 bits per heavy atom. The first kappa shape index (κ1) is 20.0. The molecule has 4 heteroatoms. The number of benzene rings is 2. The first-order chi connectivity index (χ1) is 13.3. The van der Waals surface area contributed by atoms with Crippen molar-refractivity contribution in [3.8, 4) is 0 Å². The first-order valence-corrected chi connectivity index (χ1v) is 10.1. The van der Waals surface area contributed by atoms with Gasteiger partial charge in [-0.25, -0.2) is 0 Å². The Morgan fingerprint density at radius 1 is 1.07 bits per heavy atom. The zero-order valence-corrected chi connectivity index (χ0v) is 16.3. The van der Waals surface area contributed by atoms with Gasteiger partial charge in [0.25, 0.3) is 0 Å². The highest BCUT2D eigenvalue weighted by molar-refractivity contribution is 5.29. The van der Waals surface area contributed by atoms with Crippen molar-refractivity contribution in [2.75, 3.05) is 32.8 Å². The molecule has 2 unspecified atom stereocenters. The molecule has 0 spiro atoms. The van der Waals surface area contributed by atoms with Gasteiger partial charge in [0.15, 0.2) is 0 Å². The number of hydrogen-bond donors (Lipinski definition) is 2. The summed E-state index contributed by atoms with van der Waals surface area (Å²) in [6.07, 6.45) is 1.85. The molecular weight excluding hydrogens is 336 g/mol. The number of hydrogen-bond acceptors (Lipinski definition) is 4. The fourth-order valence-corrected chi connectivity index (χ4v) is 3.87. The molecule has 1 saturated heterocycles. The highest BCUT2D eigenvalue weighted by Gasteiger charge is 2.22. The van der Waals surface area contributed by atoms with Crippen molar-refractivity contribution >= 4 is 0 Å². The molecule has 0 saturated carbocycles. The third kappa shape index (κ3) is 5.88. The van der Waals surface area contributed by atoms with E-state index < -0.39 is 6.10 Å². The molecule has 1 aliphatic heterocycles. The van der Waals surface area contributed by atoms with Gasteiger partial charge in [-0.05, 0) is 37.1 Å². The third-order valence-electron chi connectivity index (χ3n) is 5.33. The molecule has 0 radical (unpaired) electrons. The summed E-state index contributed by atoms with van der Waals surface area (Å²) >= 11 is 0. The maximum absolute atomic E-state index is 10.4. The Hall–Kier alpha value is -1.72. The van der Waals surface area contributed by atoms with E-state index in [1.807, 2.05) is 36.4 Å². The molecule has 0 aromatic heterocycles. The summed E-state index contributed by atoms with van der Waals surface area (Å²) in [5, 5.41) is 13.8. The molecule has 146 valence electrons. The van der Waals surface area contributed by atoms with Gasteiger partial charge in [-0.15, -0.1) is 0 Å². The predicted molar refractivity (Wildman–Crippen MR) is 110 cm³/mol. The van der Waals surface area contributed by atoms with Gasteiger partial charge in [-0.1, -0.05) is 67.6 Å². The minimum Gasteiger partial charge on any atom is -0.389 e. The lowest BCUT2D eigenvalue weighted by Crippen LogP contribution is -2.41. The second kappa shape index (κ2) is 10.6. The molecule has 0 aliphatic carbocycles. The molecule has 2 atom stereocenters. The number of ether oxygens (including phenoxy) is 1. The monoisotopic (exact) mass is 368 g/mol. The molecule has 1 heterocycles. The van der Waals surface area contributed by atoms with Crippen LogP contribution >= 0.6 is 0 Å². The number of rotatable bonds is 10. The highest BCUT2D eigenvalue weighted by atomic mass is 16.5. The summed E-state index contributed by atoms with van der Waals surface area (Å²) in [7, 11) is 0. The number of nitrogens with zero attached hydrogens (tertiary/aromatic N) is 1. The van der Waals surface area contributed by atoms with Crippen molar-refractivity contribution in [1.29, 1.82) is 0 Å². The average molecular weight is 369 g/mol. The van der Waals surface area contributed by atoms with Crippen LogP contribution in [0.5, 0.6) is 0 Å². The maximum atomic E-state index is 10.4. The summed E-state index contributed by atoms with van der Waals surface area (Å²) in [5.74, 6) is 0. The van der Waals surface area contributed by atoms with Crippen LogP contribution in [0, 0.1) is 0 Å². The minimum absolute atomic E-state index is 0.160. The zero-order valence-electron chi connectivity index (χ0n) is 16.3. The van der Waals surface area contributed by atoms with Crippen molar-refractivity contribution in [3.05, 3.63) is 71.8 Å². The number of nitrogens with one attached hydrogen (secondary N) is 1. The maximum Gasteiger partial charge on any atom is 0.108 e. The lowest BCUT2D eigenvalue weighted by molar-refractivity contribution is 0.00620. The molecule has 0 bridgehead atoms. The summed E-state index contributed by atoms with van der Waals surface area (Å²) in [6.45, 7) is 6.33. The van der Waals surface area contributed by atoms with E-state index in [-0.39, 0.29) is 6.10 Å². The van der Waals surface area contributed by atoms with Gasteiger partial charge < -0.3 is 15.2 Å². The topological polar surface area (TPSA) is 44.7 Å². The summed E-state index contributed by atoms with van der Waals surface area (Å²) in [6, 6.07) is 21.0. The SMILES string of the molecule is CCN1CCCC1CNCC(O)COC(c1ccccc1)c1ccccc1. The van der Waals surface area contributed by atoms with Crippen LogP contribution in [-0.4, -0.2) is 54.9 Å². The van der Waals surface area contributed by atoms with Crippen molar-refractivity contribution in [2.45, 2.75) is 38.0 Å². The molecule has 4 nitrogen and oxygen atoms in total. The molecule has 3 rings (SSSR count). The van der Waals surface area contributed by atoms with E-state index in [1.165, 1.54) is 19.4 Å². The zero-order chi connectivity index (χ0) is 18.9. The number of likely N-dealkylation sites (tertiary alicyclic amines) is 1. The van der Waals surface area contributed by atoms with E-state index in [0.717, 1.165) is 24.2 Å². The fourth-order valence-electron chi connectivity index (χ4n) is 3.87. The van der Waals surface area contributed by atoms with Crippen LogP contribution in [0.3, 0.4) is 0 Å². The van der Waals surface area contributed by atoms with Gasteiger partial charge >= 0.3 is 0 Å². The van der Waals surface area contributed by atoms with Gasteiger partial charge in [-0.2, -0.15) is 0 Å². The summed E-state index contributed by atoms with van der Waals surface area (Å²) < 4.78 is 6.14. The van der Waals surface area contributed by atoms with Crippen LogP contribution in [0.15, 0.2) is 60.7 Å². The molecular formula is C23H32N2O2. The van der Waals surface area contributed by atoms with E-state index >= 15 is 0 Å². The van der Waals surface area contributed by atoms with E-state index in [9.17, 15) is 5.11 Å². The normalized spacial score (nSPS) is 18.9. The van der Waals surface area contributed by atoms with Gasteiger partial charge in [0.1, 0.15) is 6.10 Å². The molecule has 2 aromatic rings. The molecule has 0 amide bonds. The Morgan fingerprint density at radius 2 is 1.70 bits per heavy atom. The van der Waals surface area contributed by atoms with Crippen molar-refractivity contribution in [2.24, 2.45) is 0 Å². The average Bonchev–Trinajstić information content (AvgIpc) is 3.17. The largest absolute Gasteiger partial charge is 0.389 e. The lowest BCUT2D eigenvalue weighted by atomic mass is 10.0. The Balaban J connectivity index is 1.49. The summed E-state index contributed by atoms with van der Waals surface area (Å²) in [5.41, 5.74) is 2.21. The Labute approximate surface area is 163 Å². The number of aliphatic hydroxyl groups is 1. The molecule has 2 aromatic carbocycles.